The number of hydrogen-bond donors (Lipinski definition) is 1. The lowest BCUT2D eigenvalue weighted by atomic mass is 9.85. The van der Waals surface area contributed by atoms with E-state index in [9.17, 15) is 5.11 Å². The Balaban J connectivity index is 2.65. The van der Waals surface area contributed by atoms with Crippen LogP contribution in [0, 0.1) is 12.8 Å². The zero-order valence-electron chi connectivity index (χ0n) is 13.9. The lowest BCUT2D eigenvalue weighted by Gasteiger charge is -2.19. The first-order valence-electron chi connectivity index (χ1n) is 7.59. The van der Waals surface area contributed by atoms with Crippen LogP contribution in [0.5, 0.6) is 5.88 Å². The fraction of sp³-hybridized carbons (Fsp3) is 0.500. The number of para-hydroxylation sites is 1. The van der Waals surface area contributed by atoms with Crippen molar-refractivity contribution in [3.8, 4) is 11.6 Å². The highest BCUT2D eigenvalue weighted by Gasteiger charge is 2.28. The van der Waals surface area contributed by atoms with Gasteiger partial charge in [-0.1, -0.05) is 52.8 Å². The van der Waals surface area contributed by atoms with Gasteiger partial charge in [0, 0.05) is 5.56 Å². The highest BCUT2D eigenvalue weighted by molar-refractivity contribution is 5.47. The van der Waals surface area contributed by atoms with Gasteiger partial charge in [-0.25, -0.2) is 4.68 Å². The molecule has 0 bridgehead atoms. The van der Waals surface area contributed by atoms with Crippen molar-refractivity contribution in [1.82, 2.24) is 9.78 Å². The fourth-order valence-corrected chi connectivity index (χ4v) is 2.72. The molecular formula is C18H26N2O. The number of aryl methyl sites for hydroxylation is 1. The first-order valence-corrected chi connectivity index (χ1v) is 7.59. The maximum Gasteiger partial charge on any atom is 0.218 e. The van der Waals surface area contributed by atoms with E-state index in [1.165, 1.54) is 0 Å². The SMILES string of the molecule is Cc1ccccc1-n1nc(CC(C)C)c(C(C)(C)C)c1O. The summed E-state index contributed by atoms with van der Waals surface area (Å²) in [7, 11) is 0. The van der Waals surface area contributed by atoms with Gasteiger partial charge in [-0.2, -0.15) is 5.10 Å². The molecule has 2 rings (SSSR count). The van der Waals surface area contributed by atoms with Crippen LogP contribution in [-0.4, -0.2) is 14.9 Å². The third-order valence-corrected chi connectivity index (χ3v) is 3.63. The Morgan fingerprint density at radius 2 is 1.81 bits per heavy atom. The maximum absolute atomic E-state index is 10.7. The molecule has 0 spiro atoms. The fourth-order valence-electron chi connectivity index (χ4n) is 2.72. The van der Waals surface area contributed by atoms with Crippen LogP contribution in [0.4, 0.5) is 0 Å². The molecule has 1 aromatic heterocycles. The van der Waals surface area contributed by atoms with E-state index in [0.717, 1.165) is 28.9 Å². The molecule has 0 saturated heterocycles. The van der Waals surface area contributed by atoms with Gasteiger partial charge in [-0.15, -0.1) is 0 Å². The molecule has 2 aromatic rings. The maximum atomic E-state index is 10.7. The molecule has 0 saturated carbocycles. The molecule has 3 heteroatoms. The summed E-state index contributed by atoms with van der Waals surface area (Å²) in [6.45, 7) is 12.8. The molecule has 1 aromatic carbocycles. The Bertz CT molecular complexity index is 633. The van der Waals surface area contributed by atoms with Gasteiger partial charge < -0.3 is 5.11 Å². The summed E-state index contributed by atoms with van der Waals surface area (Å²) >= 11 is 0. The minimum absolute atomic E-state index is 0.130. The van der Waals surface area contributed by atoms with Crippen molar-refractivity contribution in [2.24, 2.45) is 5.92 Å². The van der Waals surface area contributed by atoms with Gasteiger partial charge in [0.2, 0.25) is 5.88 Å². The topological polar surface area (TPSA) is 38.0 Å². The van der Waals surface area contributed by atoms with E-state index in [2.05, 4.69) is 34.6 Å². The van der Waals surface area contributed by atoms with Crippen molar-refractivity contribution >= 4 is 0 Å². The van der Waals surface area contributed by atoms with Crippen molar-refractivity contribution in [2.75, 3.05) is 0 Å². The van der Waals surface area contributed by atoms with Crippen molar-refractivity contribution in [2.45, 2.75) is 53.4 Å². The third-order valence-electron chi connectivity index (χ3n) is 3.63. The molecule has 1 N–H and O–H groups in total. The van der Waals surface area contributed by atoms with Crippen LogP contribution < -0.4 is 0 Å². The van der Waals surface area contributed by atoms with Crippen molar-refractivity contribution in [3.63, 3.8) is 0 Å². The van der Waals surface area contributed by atoms with Crippen LogP contribution in [0.2, 0.25) is 0 Å². The summed E-state index contributed by atoms with van der Waals surface area (Å²) in [4.78, 5) is 0. The second-order valence-corrected chi connectivity index (χ2v) is 7.19. The number of benzene rings is 1. The van der Waals surface area contributed by atoms with Crippen LogP contribution in [-0.2, 0) is 11.8 Å². The average Bonchev–Trinajstić information content (AvgIpc) is 2.65. The standard InChI is InChI=1S/C18H26N2O/c1-12(2)11-14-16(18(4,5)6)17(21)20(19-14)15-10-8-7-9-13(15)3/h7-10,12,21H,11H2,1-6H3. The van der Waals surface area contributed by atoms with E-state index in [4.69, 9.17) is 5.10 Å². The molecular weight excluding hydrogens is 260 g/mol. The Labute approximate surface area is 127 Å². The van der Waals surface area contributed by atoms with E-state index < -0.39 is 0 Å². The molecule has 0 aliphatic rings. The number of aromatic hydroxyl groups is 1. The molecule has 0 atom stereocenters. The summed E-state index contributed by atoms with van der Waals surface area (Å²) in [5.41, 5.74) is 3.87. The zero-order chi connectivity index (χ0) is 15.8. The molecule has 1 heterocycles. The minimum atomic E-state index is -0.130. The zero-order valence-corrected chi connectivity index (χ0v) is 13.9. The van der Waals surface area contributed by atoms with Gasteiger partial charge in [-0.3, -0.25) is 0 Å². The van der Waals surface area contributed by atoms with E-state index in [0.29, 0.717) is 5.92 Å². The van der Waals surface area contributed by atoms with Gasteiger partial charge in [0.15, 0.2) is 0 Å². The van der Waals surface area contributed by atoms with Crippen LogP contribution in [0.15, 0.2) is 24.3 Å². The second kappa shape index (κ2) is 5.55. The smallest absolute Gasteiger partial charge is 0.218 e. The molecule has 0 aliphatic heterocycles. The summed E-state index contributed by atoms with van der Waals surface area (Å²) in [5.74, 6) is 0.776. The Morgan fingerprint density at radius 3 is 2.33 bits per heavy atom. The van der Waals surface area contributed by atoms with Gasteiger partial charge >= 0.3 is 0 Å². The molecule has 0 unspecified atom stereocenters. The molecule has 0 radical (unpaired) electrons. The summed E-state index contributed by atoms with van der Waals surface area (Å²) in [6.07, 6.45) is 0.874. The minimum Gasteiger partial charge on any atom is -0.493 e. The largest absolute Gasteiger partial charge is 0.493 e. The first kappa shape index (κ1) is 15.6. The van der Waals surface area contributed by atoms with Gasteiger partial charge in [0.25, 0.3) is 0 Å². The van der Waals surface area contributed by atoms with Crippen LogP contribution in [0.25, 0.3) is 5.69 Å². The van der Waals surface area contributed by atoms with Gasteiger partial charge in [0.1, 0.15) is 0 Å². The first-order chi connectivity index (χ1) is 9.71. The lowest BCUT2D eigenvalue weighted by molar-refractivity contribution is 0.413. The van der Waals surface area contributed by atoms with Crippen molar-refractivity contribution < 1.29 is 5.11 Å². The number of aromatic nitrogens is 2. The highest BCUT2D eigenvalue weighted by atomic mass is 16.3. The van der Waals surface area contributed by atoms with E-state index >= 15 is 0 Å². The Hall–Kier alpha value is -1.77. The second-order valence-electron chi connectivity index (χ2n) is 7.19. The Kier molecular flexibility index (Phi) is 4.13. The average molecular weight is 286 g/mol. The molecule has 21 heavy (non-hydrogen) atoms. The normalized spacial score (nSPS) is 12.1. The van der Waals surface area contributed by atoms with Gasteiger partial charge in [-0.05, 0) is 36.3 Å². The lowest BCUT2D eigenvalue weighted by Crippen LogP contribution is -2.14. The van der Waals surface area contributed by atoms with E-state index in [-0.39, 0.29) is 11.3 Å². The van der Waals surface area contributed by atoms with Crippen molar-refractivity contribution in [1.29, 1.82) is 0 Å². The number of hydrogen-bond acceptors (Lipinski definition) is 2. The number of rotatable bonds is 3. The summed E-state index contributed by atoms with van der Waals surface area (Å²) in [6, 6.07) is 8.00. The summed E-state index contributed by atoms with van der Waals surface area (Å²) < 4.78 is 1.69. The predicted molar refractivity (Wildman–Crippen MR) is 87.2 cm³/mol. The van der Waals surface area contributed by atoms with E-state index in [1.54, 1.807) is 4.68 Å². The Morgan fingerprint density at radius 1 is 1.19 bits per heavy atom. The molecule has 0 fully saturated rings. The molecule has 114 valence electrons. The van der Waals surface area contributed by atoms with Crippen LogP contribution in [0.3, 0.4) is 0 Å². The molecule has 3 nitrogen and oxygen atoms in total. The van der Waals surface area contributed by atoms with Crippen LogP contribution >= 0.6 is 0 Å². The monoisotopic (exact) mass is 286 g/mol. The predicted octanol–water partition coefficient (Wildman–Crippen LogP) is 4.38. The molecule has 0 amide bonds. The third kappa shape index (κ3) is 3.12. The highest BCUT2D eigenvalue weighted by Crippen LogP contribution is 2.36. The quantitative estimate of drug-likeness (QED) is 0.909. The van der Waals surface area contributed by atoms with E-state index in [1.807, 2.05) is 31.2 Å². The molecule has 0 aliphatic carbocycles. The number of nitrogens with zero attached hydrogens (tertiary/aromatic N) is 2. The van der Waals surface area contributed by atoms with Crippen molar-refractivity contribution in [3.05, 3.63) is 41.1 Å². The summed E-state index contributed by atoms with van der Waals surface area (Å²) in [5, 5.41) is 15.5. The van der Waals surface area contributed by atoms with Crippen LogP contribution in [0.1, 0.15) is 51.4 Å². The van der Waals surface area contributed by atoms with Gasteiger partial charge in [0.05, 0.1) is 11.4 Å².